The summed E-state index contributed by atoms with van der Waals surface area (Å²) >= 11 is 0. The lowest BCUT2D eigenvalue weighted by Gasteiger charge is -2.31. The van der Waals surface area contributed by atoms with Crippen molar-refractivity contribution in [3.05, 3.63) is 0 Å². The first-order chi connectivity index (χ1) is 7.61. The van der Waals surface area contributed by atoms with Crippen LogP contribution in [0.1, 0.15) is 47.0 Å². The molecule has 0 rings (SSSR count). The Morgan fingerprint density at radius 1 is 1.12 bits per heavy atom. The van der Waals surface area contributed by atoms with Crippen molar-refractivity contribution < 1.29 is 5.11 Å². The van der Waals surface area contributed by atoms with Crippen LogP contribution in [-0.2, 0) is 0 Å². The van der Waals surface area contributed by atoms with Crippen molar-refractivity contribution in [3.8, 4) is 0 Å². The van der Waals surface area contributed by atoms with E-state index in [0.717, 1.165) is 39.0 Å². The van der Waals surface area contributed by atoms with Crippen molar-refractivity contribution in [3.63, 3.8) is 0 Å². The molecule has 0 saturated heterocycles. The van der Waals surface area contributed by atoms with Gasteiger partial charge in [-0.05, 0) is 52.4 Å². The highest BCUT2D eigenvalue weighted by Crippen LogP contribution is 2.10. The lowest BCUT2D eigenvalue weighted by molar-refractivity contribution is 0.146. The van der Waals surface area contributed by atoms with Crippen LogP contribution < -0.4 is 5.32 Å². The van der Waals surface area contributed by atoms with E-state index in [9.17, 15) is 5.11 Å². The molecule has 0 aliphatic rings. The number of nitrogens with zero attached hydrogens (tertiary/aromatic N) is 1. The Labute approximate surface area is 101 Å². The van der Waals surface area contributed by atoms with E-state index < -0.39 is 0 Å². The second-order valence-electron chi connectivity index (χ2n) is 4.83. The second kappa shape index (κ2) is 8.97. The smallest absolute Gasteiger partial charge is 0.0611 e. The molecule has 0 aromatic rings. The summed E-state index contributed by atoms with van der Waals surface area (Å²) in [6, 6.07) is 0. The van der Waals surface area contributed by atoms with E-state index in [1.165, 1.54) is 6.42 Å². The predicted molar refractivity (Wildman–Crippen MR) is 70.8 cm³/mol. The van der Waals surface area contributed by atoms with Crippen LogP contribution >= 0.6 is 0 Å². The predicted octanol–water partition coefficient (Wildman–Crippen LogP) is 1.86. The summed E-state index contributed by atoms with van der Waals surface area (Å²) in [4.78, 5) is 2.45. The normalized spacial score (nSPS) is 15.4. The zero-order chi connectivity index (χ0) is 12.4. The van der Waals surface area contributed by atoms with Gasteiger partial charge in [-0.2, -0.15) is 0 Å². The summed E-state index contributed by atoms with van der Waals surface area (Å²) in [5, 5.41) is 12.9. The maximum Gasteiger partial charge on any atom is 0.0611 e. The third-order valence-corrected chi connectivity index (χ3v) is 3.12. The summed E-state index contributed by atoms with van der Waals surface area (Å²) in [5.41, 5.74) is -0.114. The standard InChI is InChI=1S/C13H30N2O/c1-5-9-14-13(4,12-16)8-11-15(7-3)10-6-2/h14,16H,5-12H2,1-4H3. The van der Waals surface area contributed by atoms with Crippen LogP contribution in [0.3, 0.4) is 0 Å². The van der Waals surface area contributed by atoms with Gasteiger partial charge in [0.05, 0.1) is 6.61 Å². The molecule has 0 spiro atoms. The zero-order valence-electron chi connectivity index (χ0n) is 11.6. The van der Waals surface area contributed by atoms with Gasteiger partial charge in [0.2, 0.25) is 0 Å². The molecule has 0 radical (unpaired) electrons. The average molecular weight is 230 g/mol. The average Bonchev–Trinajstić information content (AvgIpc) is 2.32. The number of aliphatic hydroxyl groups is 1. The molecule has 0 heterocycles. The van der Waals surface area contributed by atoms with Crippen molar-refractivity contribution in [2.75, 3.05) is 32.8 Å². The summed E-state index contributed by atoms with van der Waals surface area (Å²) in [7, 11) is 0. The maximum absolute atomic E-state index is 9.45. The van der Waals surface area contributed by atoms with Gasteiger partial charge >= 0.3 is 0 Å². The van der Waals surface area contributed by atoms with Gasteiger partial charge in [0.15, 0.2) is 0 Å². The molecule has 98 valence electrons. The lowest BCUT2D eigenvalue weighted by Crippen LogP contribution is -2.48. The Morgan fingerprint density at radius 3 is 2.25 bits per heavy atom. The number of hydrogen-bond donors (Lipinski definition) is 2. The van der Waals surface area contributed by atoms with E-state index >= 15 is 0 Å². The molecule has 1 atom stereocenters. The highest BCUT2D eigenvalue weighted by molar-refractivity contribution is 4.83. The molecule has 16 heavy (non-hydrogen) atoms. The van der Waals surface area contributed by atoms with Gasteiger partial charge < -0.3 is 15.3 Å². The summed E-state index contributed by atoms with van der Waals surface area (Å²) in [6.07, 6.45) is 3.32. The van der Waals surface area contributed by atoms with Crippen molar-refractivity contribution in [1.82, 2.24) is 10.2 Å². The van der Waals surface area contributed by atoms with Gasteiger partial charge in [0.1, 0.15) is 0 Å². The van der Waals surface area contributed by atoms with Crippen LogP contribution in [0.25, 0.3) is 0 Å². The largest absolute Gasteiger partial charge is 0.394 e. The van der Waals surface area contributed by atoms with Crippen LogP contribution in [0, 0.1) is 0 Å². The van der Waals surface area contributed by atoms with E-state index in [0.29, 0.717) is 0 Å². The van der Waals surface area contributed by atoms with Gasteiger partial charge in [0.25, 0.3) is 0 Å². The fourth-order valence-corrected chi connectivity index (χ4v) is 1.80. The SMILES string of the molecule is CCCNC(C)(CO)CCN(CC)CCC. The Balaban J connectivity index is 3.99. The van der Waals surface area contributed by atoms with E-state index in [1.54, 1.807) is 0 Å². The summed E-state index contributed by atoms with van der Waals surface area (Å²) in [6.45, 7) is 13.2. The first-order valence-corrected chi connectivity index (χ1v) is 6.70. The fraction of sp³-hybridized carbons (Fsp3) is 1.00. The molecular weight excluding hydrogens is 200 g/mol. The molecule has 1 unspecified atom stereocenters. The molecule has 0 aliphatic carbocycles. The van der Waals surface area contributed by atoms with E-state index in [-0.39, 0.29) is 12.1 Å². The van der Waals surface area contributed by atoms with Gasteiger partial charge in [0, 0.05) is 5.54 Å². The maximum atomic E-state index is 9.45. The fourth-order valence-electron chi connectivity index (χ4n) is 1.80. The molecular formula is C13H30N2O. The molecule has 0 fully saturated rings. The molecule has 0 saturated carbocycles. The quantitative estimate of drug-likeness (QED) is 0.601. The third kappa shape index (κ3) is 6.46. The Morgan fingerprint density at radius 2 is 1.81 bits per heavy atom. The van der Waals surface area contributed by atoms with E-state index in [2.05, 4.69) is 37.9 Å². The molecule has 2 N–H and O–H groups in total. The van der Waals surface area contributed by atoms with Crippen molar-refractivity contribution >= 4 is 0 Å². The monoisotopic (exact) mass is 230 g/mol. The van der Waals surface area contributed by atoms with Crippen LogP contribution in [0.15, 0.2) is 0 Å². The van der Waals surface area contributed by atoms with Crippen LogP contribution in [-0.4, -0.2) is 48.3 Å². The number of aliphatic hydroxyl groups excluding tert-OH is 1. The van der Waals surface area contributed by atoms with Crippen molar-refractivity contribution in [1.29, 1.82) is 0 Å². The molecule has 3 nitrogen and oxygen atoms in total. The highest BCUT2D eigenvalue weighted by Gasteiger charge is 2.22. The van der Waals surface area contributed by atoms with E-state index in [4.69, 9.17) is 0 Å². The molecule has 0 aliphatic heterocycles. The Bertz CT molecular complexity index is 164. The number of hydrogen-bond acceptors (Lipinski definition) is 3. The third-order valence-electron chi connectivity index (χ3n) is 3.12. The van der Waals surface area contributed by atoms with Gasteiger partial charge in [-0.25, -0.2) is 0 Å². The second-order valence-corrected chi connectivity index (χ2v) is 4.83. The molecule has 0 amide bonds. The minimum atomic E-state index is -0.114. The summed E-state index contributed by atoms with van der Waals surface area (Å²) in [5.74, 6) is 0. The minimum absolute atomic E-state index is 0.114. The van der Waals surface area contributed by atoms with Crippen LogP contribution in [0.5, 0.6) is 0 Å². The molecule has 0 aromatic heterocycles. The van der Waals surface area contributed by atoms with Crippen molar-refractivity contribution in [2.45, 2.75) is 52.5 Å². The van der Waals surface area contributed by atoms with Crippen molar-refractivity contribution in [2.24, 2.45) is 0 Å². The number of rotatable bonds is 10. The van der Waals surface area contributed by atoms with Crippen LogP contribution in [0.4, 0.5) is 0 Å². The Kier molecular flexibility index (Phi) is 8.90. The minimum Gasteiger partial charge on any atom is -0.394 e. The van der Waals surface area contributed by atoms with Gasteiger partial charge in [-0.15, -0.1) is 0 Å². The van der Waals surface area contributed by atoms with Gasteiger partial charge in [-0.3, -0.25) is 0 Å². The molecule has 0 aromatic carbocycles. The first kappa shape index (κ1) is 15.9. The van der Waals surface area contributed by atoms with Crippen LogP contribution in [0.2, 0.25) is 0 Å². The topological polar surface area (TPSA) is 35.5 Å². The number of nitrogens with one attached hydrogen (secondary N) is 1. The first-order valence-electron chi connectivity index (χ1n) is 6.70. The molecule has 0 bridgehead atoms. The van der Waals surface area contributed by atoms with Gasteiger partial charge in [-0.1, -0.05) is 20.8 Å². The van der Waals surface area contributed by atoms with E-state index in [1.807, 2.05) is 0 Å². The summed E-state index contributed by atoms with van der Waals surface area (Å²) < 4.78 is 0. The Hall–Kier alpha value is -0.120. The lowest BCUT2D eigenvalue weighted by atomic mass is 9.98. The highest BCUT2D eigenvalue weighted by atomic mass is 16.3. The zero-order valence-corrected chi connectivity index (χ0v) is 11.6. The molecule has 3 heteroatoms.